The molecule has 0 radical (unpaired) electrons. The van der Waals surface area contributed by atoms with Gasteiger partial charge in [0.05, 0.1) is 21.4 Å². The lowest BCUT2D eigenvalue weighted by atomic mass is 10.3. The van der Waals surface area contributed by atoms with Gasteiger partial charge >= 0.3 is 5.97 Å². The summed E-state index contributed by atoms with van der Waals surface area (Å²) in [6, 6.07) is 0. The molecule has 0 aliphatic rings. The molecule has 0 amide bonds. The van der Waals surface area contributed by atoms with E-state index in [1.54, 1.807) is 11.3 Å². The molecule has 0 bridgehead atoms. The summed E-state index contributed by atoms with van der Waals surface area (Å²) in [5.41, 5.74) is 1.63. The number of rotatable bonds is 4. The normalized spacial score (nSPS) is 10.7. The fourth-order valence-electron chi connectivity index (χ4n) is 1.53. The molecule has 4 nitrogen and oxygen atoms in total. The van der Waals surface area contributed by atoms with Crippen molar-refractivity contribution in [3.05, 3.63) is 31.7 Å². The molecule has 0 spiro atoms. The number of hydrogen-bond acceptors (Lipinski definition) is 5. The summed E-state index contributed by atoms with van der Waals surface area (Å²) in [5.74, 6) is -0.889. The number of carboxylic acids is 1. The predicted molar refractivity (Wildman–Crippen MR) is 68.1 cm³/mol. The van der Waals surface area contributed by atoms with Crippen LogP contribution in [-0.4, -0.2) is 21.0 Å². The first-order valence-corrected chi connectivity index (χ1v) is 6.92. The van der Waals surface area contributed by atoms with Crippen LogP contribution >= 0.6 is 22.7 Å². The van der Waals surface area contributed by atoms with E-state index >= 15 is 0 Å². The lowest BCUT2D eigenvalue weighted by molar-refractivity contribution is 0.0701. The minimum absolute atomic E-state index is 0.356. The van der Waals surface area contributed by atoms with Crippen molar-refractivity contribution in [2.45, 2.75) is 26.7 Å². The van der Waals surface area contributed by atoms with Gasteiger partial charge in [0, 0.05) is 11.8 Å². The molecule has 2 heterocycles. The molecule has 1 N–H and O–H groups in total. The van der Waals surface area contributed by atoms with Crippen LogP contribution in [0.25, 0.3) is 0 Å². The van der Waals surface area contributed by atoms with E-state index in [0.29, 0.717) is 23.4 Å². The van der Waals surface area contributed by atoms with Crippen molar-refractivity contribution in [2.24, 2.45) is 0 Å². The quantitative estimate of drug-likeness (QED) is 0.926. The van der Waals surface area contributed by atoms with Crippen molar-refractivity contribution in [1.82, 2.24) is 9.97 Å². The molecule has 2 rings (SSSR count). The molecule has 6 heteroatoms. The van der Waals surface area contributed by atoms with Crippen LogP contribution in [-0.2, 0) is 12.8 Å². The number of thiazole rings is 2. The van der Waals surface area contributed by atoms with Gasteiger partial charge in [-0.3, -0.25) is 0 Å². The van der Waals surface area contributed by atoms with Gasteiger partial charge in [-0.15, -0.1) is 22.7 Å². The van der Waals surface area contributed by atoms with Crippen LogP contribution in [0.5, 0.6) is 0 Å². The minimum atomic E-state index is -0.889. The SMILES string of the molecule is CCc1nc(Cc2csc(C)n2)sc1C(=O)O. The summed E-state index contributed by atoms with van der Waals surface area (Å²) in [6.07, 6.45) is 1.27. The monoisotopic (exact) mass is 268 g/mol. The van der Waals surface area contributed by atoms with Crippen molar-refractivity contribution in [3.63, 3.8) is 0 Å². The van der Waals surface area contributed by atoms with Crippen LogP contribution in [0.3, 0.4) is 0 Å². The largest absolute Gasteiger partial charge is 0.477 e. The Labute approximate surface area is 107 Å². The third-order valence-corrected chi connectivity index (χ3v) is 4.18. The average molecular weight is 268 g/mol. The fraction of sp³-hybridized carbons (Fsp3) is 0.364. The second-order valence-electron chi connectivity index (χ2n) is 3.58. The third kappa shape index (κ3) is 2.70. The van der Waals surface area contributed by atoms with Crippen LogP contribution in [0.15, 0.2) is 5.38 Å². The topological polar surface area (TPSA) is 63.1 Å². The highest BCUT2D eigenvalue weighted by atomic mass is 32.1. The summed E-state index contributed by atoms with van der Waals surface area (Å²) in [5, 5.41) is 12.9. The Balaban J connectivity index is 2.25. The van der Waals surface area contributed by atoms with E-state index in [1.165, 1.54) is 11.3 Å². The highest BCUT2D eigenvalue weighted by Gasteiger charge is 2.16. The van der Waals surface area contributed by atoms with Crippen LogP contribution < -0.4 is 0 Å². The zero-order chi connectivity index (χ0) is 12.4. The molecule has 0 saturated heterocycles. The van der Waals surface area contributed by atoms with Gasteiger partial charge < -0.3 is 5.11 Å². The smallest absolute Gasteiger partial charge is 0.347 e. The molecule has 0 aliphatic carbocycles. The van der Waals surface area contributed by atoms with Gasteiger partial charge in [-0.1, -0.05) is 6.92 Å². The number of aromatic nitrogens is 2. The Kier molecular flexibility index (Phi) is 3.54. The number of hydrogen-bond donors (Lipinski definition) is 1. The van der Waals surface area contributed by atoms with Crippen LogP contribution in [0.2, 0.25) is 0 Å². The molecule has 17 heavy (non-hydrogen) atoms. The van der Waals surface area contributed by atoms with E-state index in [9.17, 15) is 4.79 Å². The summed E-state index contributed by atoms with van der Waals surface area (Å²) in [7, 11) is 0. The van der Waals surface area contributed by atoms with Crippen molar-refractivity contribution in [2.75, 3.05) is 0 Å². The minimum Gasteiger partial charge on any atom is -0.477 e. The highest BCUT2D eigenvalue weighted by Crippen LogP contribution is 2.22. The number of aryl methyl sites for hydroxylation is 2. The van der Waals surface area contributed by atoms with Gasteiger partial charge in [0.1, 0.15) is 4.88 Å². The van der Waals surface area contributed by atoms with Crippen LogP contribution in [0, 0.1) is 6.92 Å². The Morgan fingerprint density at radius 3 is 2.71 bits per heavy atom. The molecule has 90 valence electrons. The van der Waals surface area contributed by atoms with E-state index in [0.717, 1.165) is 15.7 Å². The molecule has 0 atom stereocenters. The molecule has 2 aromatic rings. The van der Waals surface area contributed by atoms with Gasteiger partial charge in [-0.05, 0) is 13.3 Å². The molecule has 0 fully saturated rings. The maximum absolute atomic E-state index is 11.0. The van der Waals surface area contributed by atoms with Crippen LogP contribution in [0.4, 0.5) is 0 Å². The number of carboxylic acid groups (broad SMARTS) is 1. The molecule has 0 unspecified atom stereocenters. The molecular weight excluding hydrogens is 256 g/mol. The predicted octanol–water partition coefficient (Wildman–Crippen LogP) is 2.76. The zero-order valence-electron chi connectivity index (χ0n) is 9.56. The zero-order valence-corrected chi connectivity index (χ0v) is 11.2. The standard InChI is InChI=1S/C11H12N2O2S2/c1-3-8-10(11(14)15)17-9(13-8)4-7-5-16-6(2)12-7/h5H,3-4H2,1-2H3,(H,14,15). The number of nitrogens with zero attached hydrogens (tertiary/aromatic N) is 2. The Bertz CT molecular complexity index is 545. The van der Waals surface area contributed by atoms with Gasteiger partial charge in [0.2, 0.25) is 0 Å². The van der Waals surface area contributed by atoms with E-state index in [2.05, 4.69) is 9.97 Å². The maximum atomic E-state index is 11.0. The molecule has 0 aromatic carbocycles. The second kappa shape index (κ2) is 4.93. The first kappa shape index (κ1) is 12.2. The van der Waals surface area contributed by atoms with E-state index in [-0.39, 0.29) is 0 Å². The summed E-state index contributed by atoms with van der Waals surface area (Å²) < 4.78 is 0. The lowest BCUT2D eigenvalue weighted by Crippen LogP contribution is -1.97. The van der Waals surface area contributed by atoms with Crippen molar-refractivity contribution >= 4 is 28.6 Å². The maximum Gasteiger partial charge on any atom is 0.347 e. The van der Waals surface area contributed by atoms with Crippen molar-refractivity contribution in [3.8, 4) is 0 Å². The third-order valence-electron chi connectivity index (χ3n) is 2.27. The highest BCUT2D eigenvalue weighted by molar-refractivity contribution is 7.13. The van der Waals surface area contributed by atoms with Crippen molar-refractivity contribution < 1.29 is 9.90 Å². The average Bonchev–Trinajstić information content (AvgIpc) is 2.85. The summed E-state index contributed by atoms with van der Waals surface area (Å²) >= 11 is 2.85. The van der Waals surface area contributed by atoms with Gasteiger partial charge in [0.25, 0.3) is 0 Å². The lowest BCUT2D eigenvalue weighted by Gasteiger charge is -1.90. The van der Waals surface area contributed by atoms with E-state index < -0.39 is 5.97 Å². The Morgan fingerprint density at radius 2 is 2.24 bits per heavy atom. The van der Waals surface area contributed by atoms with Gasteiger partial charge in [-0.25, -0.2) is 14.8 Å². The van der Waals surface area contributed by atoms with Crippen LogP contribution in [0.1, 0.15) is 38.0 Å². The summed E-state index contributed by atoms with van der Waals surface area (Å²) in [6.45, 7) is 3.87. The Morgan fingerprint density at radius 1 is 1.47 bits per heavy atom. The first-order chi connectivity index (χ1) is 8.10. The fourth-order valence-corrected chi connectivity index (χ4v) is 3.15. The summed E-state index contributed by atoms with van der Waals surface area (Å²) in [4.78, 5) is 20.1. The van der Waals surface area contributed by atoms with E-state index in [4.69, 9.17) is 5.11 Å². The molecular formula is C11H12N2O2S2. The molecule has 0 saturated carbocycles. The first-order valence-electron chi connectivity index (χ1n) is 5.23. The van der Waals surface area contributed by atoms with E-state index in [1.807, 2.05) is 19.2 Å². The molecule has 2 aromatic heterocycles. The number of carbonyl (C=O) groups is 1. The van der Waals surface area contributed by atoms with Gasteiger partial charge in [0.15, 0.2) is 0 Å². The molecule has 0 aliphatic heterocycles. The number of aromatic carboxylic acids is 1. The van der Waals surface area contributed by atoms with Crippen molar-refractivity contribution in [1.29, 1.82) is 0 Å². The Hall–Kier alpha value is -1.27. The van der Waals surface area contributed by atoms with Gasteiger partial charge in [-0.2, -0.15) is 0 Å². The second-order valence-corrected chi connectivity index (χ2v) is 5.72.